The van der Waals surface area contributed by atoms with Crippen molar-refractivity contribution >= 4 is 12.0 Å². The molecular weight excluding hydrogens is 250 g/mol. The van der Waals surface area contributed by atoms with Crippen molar-refractivity contribution in [2.75, 3.05) is 0 Å². The van der Waals surface area contributed by atoms with Crippen LogP contribution in [0.4, 0.5) is 0 Å². The molecule has 0 saturated carbocycles. The van der Waals surface area contributed by atoms with Crippen molar-refractivity contribution in [1.29, 1.82) is 5.41 Å². The Bertz CT molecular complexity index is 620. The minimum absolute atomic E-state index is 0.298. The van der Waals surface area contributed by atoms with Crippen molar-refractivity contribution < 1.29 is 9.53 Å². The number of Topliss-reactive ketones (excluding diaryl/α,β-unsaturated/α-hetero) is 1. The van der Waals surface area contributed by atoms with Crippen LogP contribution in [0.5, 0.6) is 5.75 Å². The van der Waals surface area contributed by atoms with Gasteiger partial charge in [-0.15, -0.1) is 0 Å². The zero-order chi connectivity index (χ0) is 14.4. The van der Waals surface area contributed by atoms with Gasteiger partial charge >= 0.3 is 0 Å². The number of aryl methyl sites for hydroxylation is 1. The minimum Gasteiger partial charge on any atom is -0.489 e. The molecule has 3 heteroatoms. The molecule has 0 unspecified atom stereocenters. The van der Waals surface area contributed by atoms with E-state index in [1.54, 1.807) is 12.1 Å². The fraction of sp³-hybridized carbons (Fsp3) is 0.176. The van der Waals surface area contributed by atoms with E-state index in [0.29, 0.717) is 12.2 Å². The molecular formula is C17H17NO2. The van der Waals surface area contributed by atoms with E-state index in [9.17, 15) is 4.79 Å². The summed E-state index contributed by atoms with van der Waals surface area (Å²) in [6.45, 7) is 2.40. The predicted octanol–water partition coefficient (Wildman–Crippen LogP) is 3.66. The lowest BCUT2D eigenvalue weighted by atomic mass is 10.0. The number of benzene rings is 2. The Morgan fingerprint density at radius 3 is 2.45 bits per heavy atom. The van der Waals surface area contributed by atoms with Crippen molar-refractivity contribution in [3.8, 4) is 5.75 Å². The van der Waals surface area contributed by atoms with Crippen LogP contribution in [-0.2, 0) is 13.0 Å². The highest BCUT2D eigenvalue weighted by Gasteiger charge is 2.09. The number of rotatable bonds is 6. The topological polar surface area (TPSA) is 50.2 Å². The Morgan fingerprint density at radius 2 is 1.75 bits per heavy atom. The molecule has 3 nitrogen and oxygen atoms in total. The summed E-state index contributed by atoms with van der Waals surface area (Å²) >= 11 is 0. The zero-order valence-corrected chi connectivity index (χ0v) is 11.4. The highest BCUT2D eigenvalue weighted by atomic mass is 16.5. The predicted molar refractivity (Wildman–Crippen MR) is 79.7 cm³/mol. The van der Waals surface area contributed by atoms with Crippen molar-refractivity contribution in [2.45, 2.75) is 20.0 Å². The lowest BCUT2D eigenvalue weighted by molar-refractivity contribution is 0.106. The van der Waals surface area contributed by atoms with Gasteiger partial charge in [-0.05, 0) is 18.1 Å². The summed E-state index contributed by atoms with van der Waals surface area (Å²) in [7, 11) is 0. The van der Waals surface area contributed by atoms with Gasteiger partial charge in [0.2, 0.25) is 5.78 Å². The van der Waals surface area contributed by atoms with E-state index in [1.165, 1.54) is 0 Å². The fourth-order valence-corrected chi connectivity index (χ4v) is 2.06. The first-order chi connectivity index (χ1) is 9.76. The second-order valence-electron chi connectivity index (χ2n) is 4.42. The molecule has 0 fully saturated rings. The van der Waals surface area contributed by atoms with Crippen molar-refractivity contribution in [3.63, 3.8) is 0 Å². The number of hydrogen-bond donors (Lipinski definition) is 1. The van der Waals surface area contributed by atoms with Gasteiger partial charge in [-0.1, -0.05) is 49.4 Å². The molecule has 0 aliphatic carbocycles. The summed E-state index contributed by atoms with van der Waals surface area (Å²) in [5.74, 6) is 0.542. The zero-order valence-electron chi connectivity index (χ0n) is 11.4. The van der Waals surface area contributed by atoms with Crippen molar-refractivity contribution in [2.24, 2.45) is 0 Å². The highest BCUT2D eigenvalue weighted by molar-refractivity contribution is 6.34. The molecule has 2 rings (SSSR count). The smallest absolute Gasteiger partial charge is 0.203 e. The summed E-state index contributed by atoms with van der Waals surface area (Å²) in [6.07, 6.45) is 1.73. The van der Waals surface area contributed by atoms with Gasteiger partial charge < -0.3 is 10.1 Å². The van der Waals surface area contributed by atoms with Crippen LogP contribution in [0.15, 0.2) is 48.5 Å². The first-order valence-corrected chi connectivity index (χ1v) is 6.59. The van der Waals surface area contributed by atoms with E-state index in [-0.39, 0.29) is 5.78 Å². The van der Waals surface area contributed by atoms with Crippen LogP contribution in [0.25, 0.3) is 0 Å². The first-order valence-electron chi connectivity index (χ1n) is 6.59. The van der Waals surface area contributed by atoms with Gasteiger partial charge in [0.15, 0.2) is 0 Å². The quantitative estimate of drug-likeness (QED) is 0.641. The Balaban J connectivity index is 2.19. The largest absolute Gasteiger partial charge is 0.489 e. The highest BCUT2D eigenvalue weighted by Crippen LogP contribution is 2.20. The van der Waals surface area contributed by atoms with Gasteiger partial charge in [0.25, 0.3) is 0 Å². The van der Waals surface area contributed by atoms with Gasteiger partial charge in [-0.3, -0.25) is 4.79 Å². The Morgan fingerprint density at radius 1 is 1.10 bits per heavy atom. The molecule has 2 aromatic carbocycles. The third-order valence-electron chi connectivity index (χ3n) is 3.15. The molecule has 2 aromatic rings. The number of nitrogens with one attached hydrogen (secondary N) is 1. The molecule has 0 saturated heterocycles. The minimum atomic E-state index is -0.298. The average molecular weight is 267 g/mol. The molecule has 0 atom stereocenters. The van der Waals surface area contributed by atoms with Crippen LogP contribution < -0.4 is 4.74 Å². The molecule has 1 N–H and O–H groups in total. The molecule has 0 heterocycles. The lowest BCUT2D eigenvalue weighted by Crippen LogP contribution is -2.07. The van der Waals surface area contributed by atoms with Gasteiger partial charge in [0.1, 0.15) is 12.4 Å². The molecule has 0 aromatic heterocycles. The molecule has 0 aliphatic rings. The average Bonchev–Trinajstić information content (AvgIpc) is 2.52. The summed E-state index contributed by atoms with van der Waals surface area (Å²) in [6, 6.07) is 15.1. The number of carbonyl (C=O) groups is 1. The number of ketones is 1. The van der Waals surface area contributed by atoms with Crippen LogP contribution in [0.1, 0.15) is 28.4 Å². The number of hydrogen-bond acceptors (Lipinski definition) is 3. The summed E-state index contributed by atoms with van der Waals surface area (Å²) in [5, 5.41) is 7.09. The van der Waals surface area contributed by atoms with E-state index in [4.69, 9.17) is 10.1 Å². The van der Waals surface area contributed by atoms with E-state index < -0.39 is 0 Å². The lowest BCUT2D eigenvalue weighted by Gasteiger charge is -2.12. The Kier molecular flexibility index (Phi) is 4.66. The molecule has 0 spiro atoms. The van der Waals surface area contributed by atoms with Gasteiger partial charge in [0.05, 0.1) is 6.21 Å². The molecule has 102 valence electrons. The number of ether oxygens (including phenoxy) is 1. The van der Waals surface area contributed by atoms with E-state index >= 15 is 0 Å². The maximum Gasteiger partial charge on any atom is 0.203 e. The third-order valence-corrected chi connectivity index (χ3v) is 3.15. The fourth-order valence-electron chi connectivity index (χ4n) is 2.06. The van der Waals surface area contributed by atoms with Crippen LogP contribution in [-0.4, -0.2) is 12.0 Å². The second kappa shape index (κ2) is 6.66. The standard InChI is InChI=1S/C17H17NO2/c1-2-13-7-4-6-10-17(13)20-12-14-8-3-5-9-15(14)16(19)11-18/h3-11,18H,2,12H2,1H3. The second-order valence-corrected chi connectivity index (χ2v) is 4.42. The monoisotopic (exact) mass is 267 g/mol. The summed E-state index contributed by atoms with van der Waals surface area (Å²) < 4.78 is 5.82. The van der Waals surface area contributed by atoms with Crippen LogP contribution in [0.3, 0.4) is 0 Å². The van der Waals surface area contributed by atoms with Crippen LogP contribution in [0, 0.1) is 5.41 Å². The van der Waals surface area contributed by atoms with E-state index in [1.807, 2.05) is 36.4 Å². The summed E-state index contributed by atoms with van der Waals surface area (Å²) in [4.78, 5) is 11.7. The first kappa shape index (κ1) is 14.0. The Hall–Kier alpha value is -2.42. The molecule has 0 amide bonds. The molecule has 0 bridgehead atoms. The van der Waals surface area contributed by atoms with E-state index in [0.717, 1.165) is 29.5 Å². The Labute approximate surface area is 118 Å². The van der Waals surface area contributed by atoms with Gasteiger partial charge in [-0.25, -0.2) is 0 Å². The normalized spacial score (nSPS) is 10.1. The van der Waals surface area contributed by atoms with Crippen molar-refractivity contribution in [3.05, 3.63) is 65.2 Å². The number of carbonyl (C=O) groups excluding carboxylic acids is 1. The SMILES string of the molecule is CCc1ccccc1OCc1ccccc1C(=O)C=N. The van der Waals surface area contributed by atoms with Crippen LogP contribution >= 0.6 is 0 Å². The molecule has 20 heavy (non-hydrogen) atoms. The van der Waals surface area contributed by atoms with Gasteiger partial charge in [-0.2, -0.15) is 0 Å². The maximum absolute atomic E-state index is 11.7. The third kappa shape index (κ3) is 3.12. The van der Waals surface area contributed by atoms with E-state index in [2.05, 4.69) is 6.92 Å². The summed E-state index contributed by atoms with van der Waals surface area (Å²) in [5.41, 5.74) is 2.46. The van der Waals surface area contributed by atoms with Crippen LogP contribution in [0.2, 0.25) is 0 Å². The molecule has 0 radical (unpaired) electrons. The molecule has 0 aliphatic heterocycles. The number of para-hydroxylation sites is 1. The maximum atomic E-state index is 11.7. The van der Waals surface area contributed by atoms with Crippen molar-refractivity contribution in [1.82, 2.24) is 0 Å². The van der Waals surface area contributed by atoms with Gasteiger partial charge in [0, 0.05) is 11.1 Å².